The van der Waals surface area contributed by atoms with Crippen LogP contribution in [-0.2, 0) is 12.3 Å². The Kier molecular flexibility index (Phi) is 5.10. The van der Waals surface area contributed by atoms with Crippen LogP contribution in [0.15, 0.2) is 64.2 Å². The van der Waals surface area contributed by atoms with Gasteiger partial charge in [0.15, 0.2) is 0 Å². The summed E-state index contributed by atoms with van der Waals surface area (Å²) in [6.45, 7) is 0.568. The number of aromatic nitrogens is 6. The zero-order valence-corrected chi connectivity index (χ0v) is 15.3. The largest absolute Gasteiger partial charge is 0.497 e. The number of tetrazole rings is 1. The molecule has 0 N–H and O–H groups in total. The maximum absolute atomic E-state index is 5.72. The molecule has 0 amide bonds. The minimum Gasteiger partial charge on any atom is -0.497 e. The highest BCUT2D eigenvalue weighted by atomic mass is 32.2. The number of hydrogen-bond acceptors (Lipinski definition) is 8. The molecular formula is C18H16N6O2S. The van der Waals surface area contributed by atoms with Gasteiger partial charge < -0.3 is 9.15 Å². The average Bonchev–Trinajstić information content (AvgIpc) is 3.37. The Morgan fingerprint density at radius 3 is 2.59 bits per heavy atom. The van der Waals surface area contributed by atoms with Crippen LogP contribution in [-0.4, -0.2) is 37.5 Å². The van der Waals surface area contributed by atoms with E-state index in [2.05, 4.69) is 25.7 Å². The molecule has 0 aliphatic heterocycles. The van der Waals surface area contributed by atoms with Crippen molar-refractivity contribution in [1.29, 1.82) is 0 Å². The summed E-state index contributed by atoms with van der Waals surface area (Å²) in [4.78, 5) is 0. The summed E-state index contributed by atoms with van der Waals surface area (Å²) in [5, 5.41) is 20.8. The van der Waals surface area contributed by atoms with Crippen LogP contribution >= 0.6 is 11.8 Å². The van der Waals surface area contributed by atoms with E-state index in [-0.39, 0.29) is 0 Å². The lowest BCUT2D eigenvalue weighted by Gasteiger charge is -2.05. The van der Waals surface area contributed by atoms with Gasteiger partial charge in [0, 0.05) is 5.56 Å². The molecule has 0 aliphatic carbocycles. The molecule has 0 bridgehead atoms. The van der Waals surface area contributed by atoms with E-state index in [0.717, 1.165) is 16.9 Å². The Balaban J connectivity index is 1.41. The molecule has 4 aromatic rings. The fraction of sp³-hybridized carbons (Fsp3) is 0.167. The summed E-state index contributed by atoms with van der Waals surface area (Å²) in [5.41, 5.74) is 1.97. The number of hydrogen-bond donors (Lipinski definition) is 0. The summed E-state index contributed by atoms with van der Waals surface area (Å²) in [6, 6.07) is 17.5. The van der Waals surface area contributed by atoms with E-state index in [1.54, 1.807) is 11.8 Å². The average molecular weight is 380 g/mol. The maximum Gasteiger partial charge on any atom is 0.247 e. The van der Waals surface area contributed by atoms with Gasteiger partial charge in [0.1, 0.15) is 5.75 Å². The normalized spacial score (nSPS) is 10.9. The van der Waals surface area contributed by atoms with Crippen LogP contribution in [0, 0.1) is 0 Å². The number of ether oxygens (including phenoxy) is 1. The first kappa shape index (κ1) is 17.2. The molecule has 0 aliphatic rings. The van der Waals surface area contributed by atoms with Crippen molar-refractivity contribution in [3.05, 3.63) is 66.1 Å². The Hall–Kier alpha value is -3.20. The second-order valence-corrected chi connectivity index (χ2v) is 6.57. The zero-order valence-electron chi connectivity index (χ0n) is 14.5. The number of rotatable bonds is 7. The maximum atomic E-state index is 5.72. The minimum atomic E-state index is 0.489. The highest BCUT2D eigenvalue weighted by Gasteiger charge is 2.12. The summed E-state index contributed by atoms with van der Waals surface area (Å²) in [5.74, 6) is 2.33. The molecular weight excluding hydrogens is 364 g/mol. The fourth-order valence-electron chi connectivity index (χ4n) is 2.44. The van der Waals surface area contributed by atoms with Gasteiger partial charge in [0.05, 0.1) is 19.4 Å². The number of thioether (sulfide) groups is 1. The fourth-order valence-corrected chi connectivity index (χ4v) is 3.15. The van der Waals surface area contributed by atoms with Crippen molar-refractivity contribution in [1.82, 2.24) is 30.4 Å². The lowest BCUT2D eigenvalue weighted by atomic mass is 10.2. The topological polar surface area (TPSA) is 91.8 Å². The first-order valence-electron chi connectivity index (χ1n) is 8.21. The Morgan fingerprint density at radius 2 is 1.81 bits per heavy atom. The van der Waals surface area contributed by atoms with Gasteiger partial charge >= 0.3 is 0 Å². The zero-order chi connectivity index (χ0) is 18.5. The molecule has 2 aromatic carbocycles. The van der Waals surface area contributed by atoms with E-state index in [0.29, 0.717) is 29.2 Å². The highest BCUT2D eigenvalue weighted by molar-refractivity contribution is 7.98. The quantitative estimate of drug-likeness (QED) is 0.452. The Bertz CT molecular complexity index is 1000. The van der Waals surface area contributed by atoms with Crippen LogP contribution in [0.3, 0.4) is 0 Å². The Morgan fingerprint density at radius 1 is 1.00 bits per heavy atom. The van der Waals surface area contributed by atoms with Crippen LogP contribution in [0.2, 0.25) is 0 Å². The van der Waals surface area contributed by atoms with Gasteiger partial charge in [-0.05, 0) is 40.3 Å². The molecule has 27 heavy (non-hydrogen) atoms. The number of benzene rings is 2. The molecule has 0 atom stereocenters. The predicted molar refractivity (Wildman–Crippen MR) is 99.2 cm³/mol. The van der Waals surface area contributed by atoms with Crippen molar-refractivity contribution in [2.45, 2.75) is 17.5 Å². The van der Waals surface area contributed by atoms with Crippen LogP contribution in [0.25, 0.3) is 11.5 Å². The van der Waals surface area contributed by atoms with Crippen molar-refractivity contribution in [3.8, 4) is 17.2 Å². The molecule has 0 radical (unpaired) electrons. The van der Waals surface area contributed by atoms with Gasteiger partial charge in [-0.3, -0.25) is 0 Å². The van der Waals surface area contributed by atoms with Gasteiger partial charge in [-0.25, -0.2) is 4.68 Å². The van der Waals surface area contributed by atoms with E-state index in [1.807, 2.05) is 54.6 Å². The van der Waals surface area contributed by atoms with Gasteiger partial charge in [-0.1, -0.05) is 42.1 Å². The lowest BCUT2D eigenvalue weighted by Crippen LogP contribution is -2.04. The van der Waals surface area contributed by atoms with Crippen LogP contribution in [0.5, 0.6) is 5.75 Å². The monoisotopic (exact) mass is 380 g/mol. The third-order valence-electron chi connectivity index (χ3n) is 3.80. The summed E-state index contributed by atoms with van der Waals surface area (Å²) >= 11 is 1.45. The van der Waals surface area contributed by atoms with Crippen LogP contribution in [0.4, 0.5) is 0 Å². The van der Waals surface area contributed by atoms with Gasteiger partial charge in [-0.2, -0.15) is 0 Å². The van der Waals surface area contributed by atoms with Gasteiger partial charge in [0.25, 0.3) is 0 Å². The molecule has 0 saturated carbocycles. The first-order valence-corrected chi connectivity index (χ1v) is 9.20. The molecule has 0 saturated heterocycles. The van der Waals surface area contributed by atoms with Crippen molar-refractivity contribution in [3.63, 3.8) is 0 Å². The molecule has 0 fully saturated rings. The van der Waals surface area contributed by atoms with Crippen molar-refractivity contribution in [2.75, 3.05) is 7.11 Å². The van der Waals surface area contributed by atoms with Crippen molar-refractivity contribution >= 4 is 11.8 Å². The SMILES string of the molecule is COc1ccc(Cn2nnnc2SCc2nnc(-c3ccccc3)o2)cc1. The Labute approximate surface area is 159 Å². The van der Waals surface area contributed by atoms with E-state index in [4.69, 9.17) is 9.15 Å². The summed E-state index contributed by atoms with van der Waals surface area (Å²) in [7, 11) is 1.64. The molecule has 9 heteroatoms. The van der Waals surface area contributed by atoms with Gasteiger partial charge in [0.2, 0.25) is 16.9 Å². The molecule has 0 unspecified atom stereocenters. The highest BCUT2D eigenvalue weighted by Crippen LogP contribution is 2.23. The summed E-state index contributed by atoms with van der Waals surface area (Å²) < 4.78 is 12.6. The van der Waals surface area contributed by atoms with E-state index in [1.165, 1.54) is 11.8 Å². The number of methoxy groups -OCH3 is 1. The third-order valence-corrected chi connectivity index (χ3v) is 4.74. The predicted octanol–water partition coefficient (Wildman–Crippen LogP) is 3.07. The lowest BCUT2D eigenvalue weighted by molar-refractivity contribution is 0.414. The van der Waals surface area contributed by atoms with E-state index < -0.39 is 0 Å². The molecule has 136 valence electrons. The minimum absolute atomic E-state index is 0.489. The smallest absolute Gasteiger partial charge is 0.247 e. The van der Waals surface area contributed by atoms with E-state index in [9.17, 15) is 0 Å². The molecule has 2 aromatic heterocycles. The van der Waals surface area contributed by atoms with Crippen molar-refractivity contribution in [2.24, 2.45) is 0 Å². The number of nitrogens with zero attached hydrogens (tertiary/aromatic N) is 6. The molecule has 0 spiro atoms. The molecule has 8 nitrogen and oxygen atoms in total. The second-order valence-electron chi connectivity index (χ2n) is 5.62. The van der Waals surface area contributed by atoms with Crippen LogP contribution < -0.4 is 4.74 Å². The van der Waals surface area contributed by atoms with E-state index >= 15 is 0 Å². The van der Waals surface area contributed by atoms with Gasteiger partial charge in [-0.15, -0.1) is 15.3 Å². The first-order chi connectivity index (χ1) is 13.3. The molecule has 2 heterocycles. The summed E-state index contributed by atoms with van der Waals surface area (Å²) in [6.07, 6.45) is 0. The molecule has 4 rings (SSSR count). The second kappa shape index (κ2) is 8.00. The third kappa shape index (κ3) is 4.14. The van der Waals surface area contributed by atoms with Crippen LogP contribution in [0.1, 0.15) is 11.5 Å². The van der Waals surface area contributed by atoms with Crippen molar-refractivity contribution < 1.29 is 9.15 Å². The standard InChI is InChI=1S/C18H16N6O2S/c1-25-15-9-7-13(8-10-15)11-24-18(21-22-23-24)27-12-16-19-20-17(26-16)14-5-3-2-4-6-14/h2-10H,11-12H2,1H3.